The maximum Gasteiger partial charge on any atom is 0.259 e. The second kappa shape index (κ2) is 6.69. The van der Waals surface area contributed by atoms with Crippen molar-refractivity contribution < 1.29 is 14.7 Å². The summed E-state index contributed by atoms with van der Waals surface area (Å²) in [6.07, 6.45) is 5.10. The normalized spacial score (nSPS) is 27.2. The highest BCUT2D eigenvalue weighted by Crippen LogP contribution is 2.52. The standard InChI is InChI=1S/C22H26N4O3/c1-22(29,12-26-11-15-4-2-3-5-16(15)20(26)27)21(28)23-19-10-18(24-25-19)17-9-13-6-7-14(17)8-13/h2-5,10,13-14,17,29H,6-9,11-12H2,1H3,(H2,23,24,25,28). The first-order valence-electron chi connectivity index (χ1n) is 10.4. The Hall–Kier alpha value is -2.67. The zero-order chi connectivity index (χ0) is 20.2. The van der Waals surface area contributed by atoms with E-state index in [1.807, 2.05) is 24.3 Å². The highest BCUT2D eigenvalue weighted by molar-refractivity contribution is 6.00. The molecule has 0 radical (unpaired) electrons. The van der Waals surface area contributed by atoms with Crippen molar-refractivity contribution in [3.05, 3.63) is 47.2 Å². The molecule has 0 spiro atoms. The highest BCUT2D eigenvalue weighted by Gasteiger charge is 2.41. The molecule has 1 aromatic carbocycles. The summed E-state index contributed by atoms with van der Waals surface area (Å²) in [5.41, 5.74) is 0.892. The number of anilines is 1. The van der Waals surface area contributed by atoms with Gasteiger partial charge in [0.05, 0.1) is 6.54 Å². The molecule has 2 aromatic rings. The number of benzene rings is 1. The number of hydrogen-bond acceptors (Lipinski definition) is 4. The lowest BCUT2D eigenvalue weighted by atomic mass is 9.86. The molecule has 3 aliphatic rings. The van der Waals surface area contributed by atoms with Gasteiger partial charge in [-0.2, -0.15) is 5.10 Å². The van der Waals surface area contributed by atoms with E-state index >= 15 is 0 Å². The van der Waals surface area contributed by atoms with Crippen molar-refractivity contribution in [2.75, 3.05) is 11.9 Å². The van der Waals surface area contributed by atoms with Crippen molar-refractivity contribution in [1.82, 2.24) is 15.1 Å². The molecule has 4 atom stereocenters. The Morgan fingerprint density at radius 2 is 2.17 bits per heavy atom. The third-order valence-electron chi connectivity index (χ3n) is 6.86. The molecule has 152 valence electrons. The summed E-state index contributed by atoms with van der Waals surface area (Å²) in [7, 11) is 0. The first kappa shape index (κ1) is 18.4. The molecule has 7 nitrogen and oxygen atoms in total. The van der Waals surface area contributed by atoms with Crippen LogP contribution in [-0.2, 0) is 11.3 Å². The number of aromatic nitrogens is 2. The van der Waals surface area contributed by atoms with Crippen LogP contribution in [0.15, 0.2) is 30.3 Å². The molecule has 29 heavy (non-hydrogen) atoms. The lowest BCUT2D eigenvalue weighted by Gasteiger charge is -2.27. The van der Waals surface area contributed by atoms with Crippen LogP contribution in [0.5, 0.6) is 0 Å². The van der Waals surface area contributed by atoms with Crippen LogP contribution in [0.1, 0.15) is 60.1 Å². The maximum absolute atomic E-state index is 12.7. The smallest absolute Gasteiger partial charge is 0.259 e. The van der Waals surface area contributed by atoms with Gasteiger partial charge in [-0.15, -0.1) is 0 Å². The highest BCUT2D eigenvalue weighted by atomic mass is 16.3. The van der Waals surface area contributed by atoms with Crippen LogP contribution in [0, 0.1) is 11.8 Å². The average molecular weight is 394 g/mol. The second-order valence-electron chi connectivity index (χ2n) is 9.04. The minimum atomic E-state index is -1.72. The summed E-state index contributed by atoms with van der Waals surface area (Å²) >= 11 is 0. The Bertz CT molecular complexity index is 966. The molecule has 7 heteroatoms. The number of amides is 2. The van der Waals surface area contributed by atoms with Gasteiger partial charge in [-0.3, -0.25) is 14.7 Å². The first-order chi connectivity index (χ1) is 13.9. The number of H-pyrrole nitrogens is 1. The summed E-state index contributed by atoms with van der Waals surface area (Å²) in [4.78, 5) is 26.8. The second-order valence-corrected chi connectivity index (χ2v) is 9.04. The summed E-state index contributed by atoms with van der Waals surface area (Å²) in [5.74, 6) is 1.74. The zero-order valence-corrected chi connectivity index (χ0v) is 16.5. The lowest BCUT2D eigenvalue weighted by Crippen LogP contribution is -2.49. The van der Waals surface area contributed by atoms with Crippen molar-refractivity contribution in [2.45, 2.75) is 50.7 Å². The van der Waals surface area contributed by atoms with Crippen molar-refractivity contribution in [3.63, 3.8) is 0 Å². The largest absolute Gasteiger partial charge is 0.378 e. The number of carbonyl (C=O) groups is 2. The van der Waals surface area contributed by atoms with Crippen LogP contribution < -0.4 is 5.32 Å². The van der Waals surface area contributed by atoms with Crippen LogP contribution in [0.25, 0.3) is 0 Å². The van der Waals surface area contributed by atoms with Crippen molar-refractivity contribution >= 4 is 17.6 Å². The molecular weight excluding hydrogens is 368 g/mol. The summed E-state index contributed by atoms with van der Waals surface area (Å²) < 4.78 is 0. The molecule has 2 amide bonds. The van der Waals surface area contributed by atoms with E-state index in [-0.39, 0.29) is 12.5 Å². The van der Waals surface area contributed by atoms with Crippen molar-refractivity contribution in [1.29, 1.82) is 0 Å². The minimum absolute atomic E-state index is 0.0734. The molecule has 1 aliphatic heterocycles. The van der Waals surface area contributed by atoms with Crippen LogP contribution in [-0.4, -0.2) is 44.2 Å². The number of carbonyl (C=O) groups excluding carboxylic acids is 2. The van der Waals surface area contributed by atoms with E-state index in [0.717, 1.165) is 23.1 Å². The van der Waals surface area contributed by atoms with Crippen molar-refractivity contribution in [2.24, 2.45) is 11.8 Å². The van der Waals surface area contributed by atoms with Gasteiger partial charge in [0.1, 0.15) is 0 Å². The number of β-amino-alcohol motifs (C(OH)–C–C–N with tert-alkyl or cyclic N) is 1. The monoisotopic (exact) mass is 394 g/mol. The molecule has 0 saturated heterocycles. The maximum atomic E-state index is 12.7. The molecule has 5 rings (SSSR count). The van der Waals surface area contributed by atoms with E-state index in [0.29, 0.717) is 23.8 Å². The van der Waals surface area contributed by atoms with E-state index < -0.39 is 11.5 Å². The van der Waals surface area contributed by atoms with Gasteiger partial charge >= 0.3 is 0 Å². The van der Waals surface area contributed by atoms with E-state index in [4.69, 9.17) is 0 Å². The first-order valence-corrected chi connectivity index (χ1v) is 10.4. The van der Waals surface area contributed by atoms with Gasteiger partial charge in [-0.05, 0) is 49.7 Å². The summed E-state index contributed by atoms with van der Waals surface area (Å²) in [6.45, 7) is 1.76. The molecule has 2 saturated carbocycles. The Balaban J connectivity index is 1.23. The number of hydrogen-bond donors (Lipinski definition) is 3. The zero-order valence-electron chi connectivity index (χ0n) is 16.5. The number of aliphatic hydroxyl groups is 1. The van der Waals surface area contributed by atoms with Crippen LogP contribution in [0.2, 0.25) is 0 Å². The molecular formula is C22H26N4O3. The quantitative estimate of drug-likeness (QED) is 0.726. The van der Waals surface area contributed by atoms with E-state index in [9.17, 15) is 14.7 Å². The Kier molecular flexibility index (Phi) is 4.24. The fraction of sp³-hybridized carbons (Fsp3) is 0.500. The SMILES string of the molecule is CC(O)(CN1Cc2ccccc2C1=O)C(=O)Nc1cc(C2CC3CCC2C3)[nH]n1. The number of fused-ring (bicyclic) bond motifs is 3. The van der Waals surface area contributed by atoms with Gasteiger partial charge in [-0.25, -0.2) is 0 Å². The van der Waals surface area contributed by atoms with Crippen LogP contribution >= 0.6 is 0 Å². The fourth-order valence-corrected chi connectivity index (χ4v) is 5.35. The number of rotatable bonds is 5. The van der Waals surface area contributed by atoms with Gasteiger partial charge in [-0.1, -0.05) is 24.6 Å². The van der Waals surface area contributed by atoms with E-state index in [2.05, 4.69) is 15.5 Å². The van der Waals surface area contributed by atoms with Gasteiger partial charge in [0.15, 0.2) is 11.4 Å². The third kappa shape index (κ3) is 3.23. The third-order valence-corrected chi connectivity index (χ3v) is 6.86. The average Bonchev–Trinajstić information content (AvgIpc) is 3.47. The molecule has 2 bridgehead atoms. The molecule has 4 unspecified atom stereocenters. The predicted molar refractivity (Wildman–Crippen MR) is 107 cm³/mol. The molecule has 2 fully saturated rings. The molecule has 2 aliphatic carbocycles. The molecule has 2 heterocycles. The van der Waals surface area contributed by atoms with Gasteiger partial charge in [0.25, 0.3) is 11.8 Å². The minimum Gasteiger partial charge on any atom is -0.378 e. The van der Waals surface area contributed by atoms with Gasteiger partial charge < -0.3 is 15.3 Å². The number of aromatic amines is 1. The lowest BCUT2D eigenvalue weighted by molar-refractivity contribution is -0.133. The predicted octanol–water partition coefficient (Wildman–Crippen LogP) is 2.66. The fourth-order valence-electron chi connectivity index (χ4n) is 5.35. The molecule has 1 aromatic heterocycles. The Morgan fingerprint density at radius 1 is 1.34 bits per heavy atom. The van der Waals surface area contributed by atoms with Gasteiger partial charge in [0.2, 0.25) is 0 Å². The molecule has 3 N–H and O–H groups in total. The van der Waals surface area contributed by atoms with E-state index in [1.165, 1.54) is 37.5 Å². The van der Waals surface area contributed by atoms with Gasteiger partial charge in [0, 0.05) is 29.8 Å². The van der Waals surface area contributed by atoms with E-state index in [1.54, 1.807) is 6.07 Å². The van der Waals surface area contributed by atoms with Crippen LogP contribution in [0.4, 0.5) is 5.82 Å². The topological polar surface area (TPSA) is 98.3 Å². The number of nitrogens with one attached hydrogen (secondary N) is 2. The summed E-state index contributed by atoms with van der Waals surface area (Å²) in [6, 6.07) is 9.24. The Labute approximate surface area is 169 Å². The van der Waals surface area contributed by atoms with Crippen molar-refractivity contribution in [3.8, 4) is 0 Å². The summed E-state index contributed by atoms with van der Waals surface area (Å²) in [5, 5.41) is 20.8. The Morgan fingerprint density at radius 3 is 2.90 bits per heavy atom. The number of nitrogens with zero attached hydrogens (tertiary/aromatic N) is 2. The van der Waals surface area contributed by atoms with Crippen LogP contribution in [0.3, 0.4) is 0 Å².